The average molecular weight is 396 g/mol. The van der Waals surface area contributed by atoms with Crippen LogP contribution in [0.25, 0.3) is 11.5 Å². The van der Waals surface area contributed by atoms with Gasteiger partial charge in [-0.25, -0.2) is 0 Å². The molecule has 0 bridgehead atoms. The molecule has 0 fully saturated rings. The van der Waals surface area contributed by atoms with Crippen molar-refractivity contribution in [2.75, 3.05) is 7.05 Å². The molecule has 1 aromatic carbocycles. The van der Waals surface area contributed by atoms with Crippen LogP contribution in [-0.2, 0) is 13.0 Å². The zero-order valence-corrected chi connectivity index (χ0v) is 16.9. The fourth-order valence-corrected chi connectivity index (χ4v) is 2.96. The van der Waals surface area contributed by atoms with Crippen LogP contribution < -0.4 is 5.32 Å². The van der Waals surface area contributed by atoms with E-state index in [0.717, 1.165) is 27.5 Å². The lowest BCUT2D eigenvalue weighted by molar-refractivity contribution is 0.417. The van der Waals surface area contributed by atoms with Gasteiger partial charge in [-0.2, -0.15) is 10.1 Å². The number of likely N-dealkylation sites (N-methyl/N-ethyl adjacent to an activating group) is 1. The predicted molar refractivity (Wildman–Crippen MR) is 105 cm³/mol. The van der Waals surface area contributed by atoms with E-state index in [2.05, 4.69) is 27.5 Å². The van der Waals surface area contributed by atoms with Gasteiger partial charge in [0.1, 0.15) is 0 Å². The molecule has 1 N–H and O–H groups in total. The Labute approximate surface area is 164 Å². The third kappa shape index (κ3) is 4.26. The van der Waals surface area contributed by atoms with E-state index in [1.54, 1.807) is 0 Å². The lowest BCUT2D eigenvalue weighted by Crippen LogP contribution is -2.24. The molecule has 26 heavy (non-hydrogen) atoms. The normalized spacial score (nSPS) is 12.0. The molecule has 0 radical (unpaired) electrons. The molecule has 2 heterocycles. The number of halogens is 2. The molecule has 0 saturated heterocycles. The fraction of sp³-hybridized carbons (Fsp3) is 0.389. The van der Waals surface area contributed by atoms with Crippen LogP contribution in [0, 0.1) is 13.8 Å². The lowest BCUT2D eigenvalue weighted by Gasteiger charge is -2.06. The van der Waals surface area contributed by atoms with E-state index >= 15 is 0 Å². The van der Waals surface area contributed by atoms with Gasteiger partial charge >= 0.3 is 0 Å². The second-order valence-corrected chi connectivity index (χ2v) is 6.61. The van der Waals surface area contributed by atoms with Crippen molar-refractivity contribution in [2.45, 2.75) is 39.8 Å². The largest absolute Gasteiger partial charge is 0.334 e. The number of rotatable bonds is 6. The number of hydrogen-bond acceptors (Lipinski definition) is 5. The summed E-state index contributed by atoms with van der Waals surface area (Å²) in [4.78, 5) is 4.53. The first-order chi connectivity index (χ1) is 12.0. The number of nitrogens with one attached hydrogen (secondary N) is 1. The van der Waals surface area contributed by atoms with Crippen molar-refractivity contribution < 1.29 is 4.52 Å². The Morgan fingerprint density at radius 3 is 2.69 bits per heavy atom. The van der Waals surface area contributed by atoms with Gasteiger partial charge in [-0.15, -0.1) is 12.4 Å². The molecule has 0 aliphatic carbocycles. The van der Waals surface area contributed by atoms with Crippen LogP contribution in [0.15, 0.2) is 28.8 Å². The maximum absolute atomic E-state index is 6.27. The van der Waals surface area contributed by atoms with Crippen LogP contribution in [0.2, 0.25) is 5.02 Å². The van der Waals surface area contributed by atoms with Crippen molar-refractivity contribution in [1.29, 1.82) is 0 Å². The maximum Gasteiger partial charge on any atom is 0.261 e. The topological polar surface area (TPSA) is 68.8 Å². The molecule has 6 nitrogen and oxygen atoms in total. The summed E-state index contributed by atoms with van der Waals surface area (Å²) in [6, 6.07) is 8.07. The molecule has 140 valence electrons. The van der Waals surface area contributed by atoms with Crippen molar-refractivity contribution in [3.8, 4) is 11.5 Å². The first kappa shape index (κ1) is 20.4. The molecule has 0 aliphatic rings. The van der Waals surface area contributed by atoms with Crippen LogP contribution >= 0.6 is 24.0 Å². The number of aryl methyl sites for hydroxylation is 1. The average Bonchev–Trinajstić information content (AvgIpc) is 3.14. The van der Waals surface area contributed by atoms with Crippen LogP contribution in [0.5, 0.6) is 0 Å². The fourth-order valence-electron chi connectivity index (χ4n) is 2.76. The lowest BCUT2D eigenvalue weighted by atomic mass is 10.2. The zero-order chi connectivity index (χ0) is 18.0. The highest BCUT2D eigenvalue weighted by Gasteiger charge is 2.20. The molecule has 1 unspecified atom stereocenters. The Balaban J connectivity index is 0.00000243. The van der Waals surface area contributed by atoms with E-state index < -0.39 is 0 Å². The quantitative estimate of drug-likeness (QED) is 0.686. The first-order valence-corrected chi connectivity index (χ1v) is 8.65. The van der Waals surface area contributed by atoms with Gasteiger partial charge in [0.15, 0.2) is 5.82 Å². The molecule has 0 saturated carbocycles. The molecule has 0 spiro atoms. The molecule has 8 heteroatoms. The van der Waals surface area contributed by atoms with Crippen LogP contribution in [0.4, 0.5) is 0 Å². The third-order valence-electron chi connectivity index (χ3n) is 4.32. The minimum absolute atomic E-state index is 0. The molecular formula is C18H23Cl2N5O. The van der Waals surface area contributed by atoms with Crippen molar-refractivity contribution in [3.05, 3.63) is 52.1 Å². The zero-order valence-electron chi connectivity index (χ0n) is 15.3. The highest BCUT2D eigenvalue weighted by Crippen LogP contribution is 2.27. The second kappa shape index (κ2) is 8.66. The summed E-state index contributed by atoms with van der Waals surface area (Å²) in [6.45, 7) is 6.64. The standard InChI is InChI=1S/C18H22ClN5O.ClH/c1-11(20-4)9-16-21-18(25-23-16)17-12(2)22-24(13(17)3)10-14-7-5-6-8-15(14)19;/h5-8,11,20H,9-10H2,1-4H3;1H. The van der Waals surface area contributed by atoms with E-state index in [-0.39, 0.29) is 18.4 Å². The van der Waals surface area contributed by atoms with Gasteiger partial charge in [0, 0.05) is 23.2 Å². The summed E-state index contributed by atoms with van der Waals surface area (Å²) in [5.74, 6) is 1.20. The smallest absolute Gasteiger partial charge is 0.261 e. The minimum atomic E-state index is 0. The highest BCUT2D eigenvalue weighted by molar-refractivity contribution is 6.31. The maximum atomic E-state index is 6.27. The summed E-state index contributed by atoms with van der Waals surface area (Å²) in [5.41, 5.74) is 3.76. The summed E-state index contributed by atoms with van der Waals surface area (Å²) in [6.07, 6.45) is 0.714. The SMILES string of the molecule is CNC(C)Cc1noc(-c2c(C)nn(Cc3ccccc3Cl)c2C)n1.Cl. The number of aromatic nitrogens is 4. The van der Waals surface area contributed by atoms with Crippen molar-refractivity contribution in [2.24, 2.45) is 0 Å². The Hall–Kier alpha value is -1.89. The van der Waals surface area contributed by atoms with Crippen LogP contribution in [0.1, 0.15) is 29.7 Å². The van der Waals surface area contributed by atoms with E-state index in [4.69, 9.17) is 16.1 Å². The van der Waals surface area contributed by atoms with Crippen LogP contribution in [-0.4, -0.2) is 33.0 Å². The Bertz CT molecular complexity index is 874. The molecule has 3 aromatic rings. The van der Waals surface area contributed by atoms with Crippen molar-refractivity contribution in [1.82, 2.24) is 25.2 Å². The van der Waals surface area contributed by atoms with Gasteiger partial charge in [0.05, 0.1) is 17.8 Å². The molecule has 0 aliphatic heterocycles. The predicted octanol–water partition coefficient (Wildman–Crippen LogP) is 3.82. The van der Waals surface area contributed by atoms with Gasteiger partial charge in [0.2, 0.25) is 0 Å². The Morgan fingerprint density at radius 1 is 1.27 bits per heavy atom. The summed E-state index contributed by atoms with van der Waals surface area (Å²) < 4.78 is 7.40. The Kier molecular flexibility index (Phi) is 6.81. The summed E-state index contributed by atoms with van der Waals surface area (Å²) in [5, 5.41) is 12.6. The molecule has 3 rings (SSSR count). The van der Waals surface area contributed by atoms with Gasteiger partial charge in [-0.3, -0.25) is 4.68 Å². The number of nitrogens with zero attached hydrogens (tertiary/aromatic N) is 4. The summed E-state index contributed by atoms with van der Waals surface area (Å²) >= 11 is 6.27. The van der Waals surface area contributed by atoms with Gasteiger partial charge in [0.25, 0.3) is 5.89 Å². The Morgan fingerprint density at radius 2 is 2.00 bits per heavy atom. The first-order valence-electron chi connectivity index (χ1n) is 8.27. The van der Waals surface area contributed by atoms with E-state index in [1.165, 1.54) is 0 Å². The molecule has 2 aromatic heterocycles. The van der Waals surface area contributed by atoms with Gasteiger partial charge in [-0.05, 0) is 39.4 Å². The summed E-state index contributed by atoms with van der Waals surface area (Å²) in [7, 11) is 1.92. The molecule has 1 atom stereocenters. The van der Waals surface area contributed by atoms with Crippen molar-refractivity contribution in [3.63, 3.8) is 0 Å². The van der Waals surface area contributed by atoms with E-state index in [1.807, 2.05) is 49.8 Å². The highest BCUT2D eigenvalue weighted by atomic mass is 35.5. The second-order valence-electron chi connectivity index (χ2n) is 6.20. The number of hydrogen-bond donors (Lipinski definition) is 1. The van der Waals surface area contributed by atoms with Crippen LogP contribution in [0.3, 0.4) is 0 Å². The van der Waals surface area contributed by atoms with Gasteiger partial charge < -0.3 is 9.84 Å². The van der Waals surface area contributed by atoms with E-state index in [9.17, 15) is 0 Å². The minimum Gasteiger partial charge on any atom is -0.334 e. The monoisotopic (exact) mass is 395 g/mol. The molecular weight excluding hydrogens is 373 g/mol. The number of benzene rings is 1. The van der Waals surface area contributed by atoms with Gasteiger partial charge in [-0.1, -0.05) is 35.0 Å². The third-order valence-corrected chi connectivity index (χ3v) is 4.69. The van der Waals surface area contributed by atoms with Crippen molar-refractivity contribution >= 4 is 24.0 Å². The molecule has 0 amide bonds. The van der Waals surface area contributed by atoms with E-state index in [0.29, 0.717) is 24.7 Å².